The Labute approximate surface area is 307 Å². The minimum Gasteiger partial charge on any atom is -0.391 e. The van der Waals surface area contributed by atoms with Gasteiger partial charge in [-0.3, -0.25) is 33.3 Å². The first-order valence-electron chi connectivity index (χ1n) is 18.0. The zero-order valence-corrected chi connectivity index (χ0v) is 29.9. The predicted molar refractivity (Wildman–Crippen MR) is 192 cm³/mol. The number of nitrogens with one attached hydrogen (secondary N) is 5. The molecule has 2 saturated heterocycles. The molecule has 0 bridgehead atoms. The van der Waals surface area contributed by atoms with Gasteiger partial charge in [0.15, 0.2) is 0 Å². The highest BCUT2D eigenvalue weighted by molar-refractivity contribution is 5.99. The van der Waals surface area contributed by atoms with Gasteiger partial charge in [0.2, 0.25) is 29.5 Å². The first-order valence-corrected chi connectivity index (χ1v) is 18.0. The van der Waals surface area contributed by atoms with E-state index >= 15 is 0 Å². The second kappa shape index (κ2) is 18.2. The Bertz CT molecular complexity index is 1730. The molecule has 6 N–H and O–H groups in total. The first-order chi connectivity index (χ1) is 25.5. The van der Waals surface area contributed by atoms with Crippen molar-refractivity contribution < 1.29 is 33.9 Å². The Hall–Kier alpha value is -5.64. The number of amides is 6. The standard InChI is InChI=1S/C37H47N9O7/c1-3-27-33(49)44-31(23(2)47)36(52)43-29(20-24-10-5-4-6-11-24)37(53)46-19-9-13-30(46)35(51)38-18-8-7-12-28(34(50)41-27)42-32(48)25-14-16-26(17-15-25)45-21-39-40-22-45/h4-6,10-11,14-17,21-23,27-31,47H,3,7-9,12-13,18-20H2,1-2H3,(H,38,51)(H,41,50)(H,42,48)(H,43,52)(H,44,49)/t23-,27+,28+,29-,30+,31+/m1/s1. The molecule has 0 radical (unpaired) electrons. The van der Waals surface area contributed by atoms with Crippen LogP contribution in [0.3, 0.4) is 0 Å². The van der Waals surface area contributed by atoms with Gasteiger partial charge in [-0.2, -0.15) is 0 Å². The van der Waals surface area contributed by atoms with Gasteiger partial charge in [0.05, 0.1) is 6.10 Å². The first kappa shape index (κ1) is 38.6. The lowest BCUT2D eigenvalue weighted by Crippen LogP contribution is -2.61. The molecule has 3 aromatic rings. The maximum Gasteiger partial charge on any atom is 0.251 e. The van der Waals surface area contributed by atoms with Crippen molar-refractivity contribution in [3.8, 4) is 5.69 Å². The summed E-state index contributed by atoms with van der Waals surface area (Å²) in [5, 5.41) is 31.9. The normalized spacial score (nSPS) is 24.3. The van der Waals surface area contributed by atoms with Gasteiger partial charge >= 0.3 is 0 Å². The molecular weight excluding hydrogens is 682 g/mol. The van der Waals surface area contributed by atoms with Crippen molar-refractivity contribution in [3.05, 3.63) is 78.4 Å². The van der Waals surface area contributed by atoms with E-state index in [1.54, 1.807) is 35.8 Å². The van der Waals surface area contributed by atoms with Gasteiger partial charge in [-0.15, -0.1) is 10.2 Å². The van der Waals surface area contributed by atoms with Crippen LogP contribution in [-0.4, -0.2) is 110 Å². The number of carbonyl (C=O) groups excluding carboxylic acids is 6. The number of hydrogen-bond acceptors (Lipinski definition) is 9. The van der Waals surface area contributed by atoms with Crippen molar-refractivity contribution >= 4 is 35.4 Å². The van der Waals surface area contributed by atoms with Crippen LogP contribution in [0.2, 0.25) is 0 Å². The number of carbonyl (C=O) groups is 6. The average molecular weight is 730 g/mol. The Balaban J connectivity index is 1.37. The Kier molecular flexibility index (Phi) is 13.3. The van der Waals surface area contributed by atoms with E-state index in [4.69, 9.17) is 0 Å². The molecule has 0 aliphatic carbocycles. The fourth-order valence-corrected chi connectivity index (χ4v) is 6.53. The van der Waals surface area contributed by atoms with Crippen LogP contribution >= 0.6 is 0 Å². The molecule has 2 aliphatic rings. The third kappa shape index (κ3) is 10.0. The van der Waals surface area contributed by atoms with E-state index in [9.17, 15) is 33.9 Å². The highest BCUT2D eigenvalue weighted by atomic mass is 16.3. The second-order valence-electron chi connectivity index (χ2n) is 13.4. The largest absolute Gasteiger partial charge is 0.391 e. The molecule has 0 spiro atoms. The quantitative estimate of drug-likeness (QED) is 0.195. The third-order valence-corrected chi connectivity index (χ3v) is 9.53. The summed E-state index contributed by atoms with van der Waals surface area (Å²) in [4.78, 5) is 83.2. The number of aliphatic hydroxyl groups is 1. The molecule has 0 unspecified atom stereocenters. The predicted octanol–water partition coefficient (Wildman–Crippen LogP) is 0.145. The zero-order chi connectivity index (χ0) is 37.9. The van der Waals surface area contributed by atoms with Crippen LogP contribution in [0, 0.1) is 0 Å². The number of nitrogens with zero attached hydrogens (tertiary/aromatic N) is 4. The fourth-order valence-electron chi connectivity index (χ4n) is 6.53. The number of hydrogen-bond donors (Lipinski definition) is 6. The van der Waals surface area contributed by atoms with Crippen molar-refractivity contribution in [2.75, 3.05) is 13.1 Å². The van der Waals surface area contributed by atoms with Crippen molar-refractivity contribution in [1.82, 2.24) is 46.2 Å². The van der Waals surface area contributed by atoms with Gasteiger partial charge in [-0.05, 0) is 75.3 Å². The summed E-state index contributed by atoms with van der Waals surface area (Å²) in [6.45, 7) is 3.60. The van der Waals surface area contributed by atoms with Crippen molar-refractivity contribution in [1.29, 1.82) is 0 Å². The highest BCUT2D eigenvalue weighted by Gasteiger charge is 2.39. The van der Waals surface area contributed by atoms with Crippen LogP contribution < -0.4 is 26.6 Å². The van der Waals surface area contributed by atoms with Gasteiger partial charge in [-0.1, -0.05) is 37.3 Å². The molecule has 16 heteroatoms. The van der Waals surface area contributed by atoms with Gasteiger partial charge in [0.1, 0.15) is 42.9 Å². The van der Waals surface area contributed by atoms with Crippen molar-refractivity contribution in [2.45, 2.75) is 95.1 Å². The zero-order valence-electron chi connectivity index (χ0n) is 29.9. The highest BCUT2D eigenvalue weighted by Crippen LogP contribution is 2.20. The Morgan fingerprint density at radius 1 is 0.849 bits per heavy atom. The molecule has 5 rings (SSSR count). The second-order valence-corrected chi connectivity index (χ2v) is 13.4. The van der Waals surface area contributed by atoms with Gasteiger partial charge < -0.3 is 36.6 Å². The van der Waals surface area contributed by atoms with E-state index in [-0.39, 0.29) is 31.7 Å². The number of aromatic nitrogens is 3. The van der Waals surface area contributed by atoms with Gasteiger partial charge in [0, 0.05) is 30.8 Å². The van der Waals surface area contributed by atoms with Crippen LogP contribution in [0.15, 0.2) is 67.3 Å². The van der Waals surface area contributed by atoms with E-state index < -0.39 is 65.8 Å². The maximum absolute atomic E-state index is 14.0. The number of benzene rings is 2. The lowest BCUT2D eigenvalue weighted by Gasteiger charge is -2.30. The molecule has 53 heavy (non-hydrogen) atoms. The van der Waals surface area contributed by atoms with Crippen LogP contribution in [0.1, 0.15) is 68.3 Å². The molecule has 2 aromatic carbocycles. The summed E-state index contributed by atoms with van der Waals surface area (Å²) < 4.78 is 1.67. The number of rotatable bonds is 7. The molecule has 6 amide bonds. The summed E-state index contributed by atoms with van der Waals surface area (Å²) in [5.74, 6) is -3.42. The number of fused-ring (bicyclic) bond motifs is 1. The summed E-state index contributed by atoms with van der Waals surface area (Å²) in [7, 11) is 0. The van der Waals surface area contributed by atoms with Crippen LogP contribution in [-0.2, 0) is 30.4 Å². The molecular formula is C37H47N9O7. The lowest BCUT2D eigenvalue weighted by atomic mass is 10.0. The SMILES string of the molecule is CC[C@@H]1NC(=O)[C@@H](NC(=O)c2ccc(-n3cnnc3)cc2)CCCCNC(=O)[C@@H]2CCCN2C(=O)[C@@H](Cc2ccccc2)NC(=O)[C@H]([C@@H](C)O)NC1=O. The lowest BCUT2D eigenvalue weighted by molar-refractivity contribution is -0.142. The molecule has 2 aliphatic heterocycles. The monoisotopic (exact) mass is 729 g/mol. The van der Waals surface area contributed by atoms with E-state index in [2.05, 4.69) is 36.8 Å². The molecule has 0 saturated carbocycles. The maximum atomic E-state index is 14.0. The van der Waals surface area contributed by atoms with E-state index in [0.29, 0.717) is 37.8 Å². The topological polar surface area (TPSA) is 217 Å². The Morgan fingerprint density at radius 2 is 1.55 bits per heavy atom. The smallest absolute Gasteiger partial charge is 0.251 e. The number of aliphatic hydroxyl groups excluding tert-OH is 1. The van der Waals surface area contributed by atoms with E-state index in [1.807, 2.05) is 30.3 Å². The molecule has 282 valence electrons. The minimum atomic E-state index is -1.48. The van der Waals surface area contributed by atoms with E-state index in [0.717, 1.165) is 11.3 Å². The molecule has 3 heterocycles. The summed E-state index contributed by atoms with van der Waals surface area (Å²) in [6.07, 6.45) is 4.06. The van der Waals surface area contributed by atoms with E-state index in [1.165, 1.54) is 24.5 Å². The molecule has 2 fully saturated rings. The minimum absolute atomic E-state index is 0.115. The Morgan fingerprint density at radius 3 is 2.23 bits per heavy atom. The fraction of sp³-hybridized carbons (Fsp3) is 0.459. The van der Waals surface area contributed by atoms with Crippen molar-refractivity contribution in [2.24, 2.45) is 0 Å². The van der Waals surface area contributed by atoms with Crippen LogP contribution in [0.5, 0.6) is 0 Å². The van der Waals surface area contributed by atoms with Crippen molar-refractivity contribution in [3.63, 3.8) is 0 Å². The summed E-state index contributed by atoms with van der Waals surface area (Å²) in [6, 6.07) is 10.2. The van der Waals surface area contributed by atoms with Gasteiger partial charge in [0.25, 0.3) is 5.91 Å². The molecule has 16 nitrogen and oxygen atoms in total. The summed E-state index contributed by atoms with van der Waals surface area (Å²) >= 11 is 0. The third-order valence-electron chi connectivity index (χ3n) is 9.53. The van der Waals surface area contributed by atoms with Crippen LogP contribution in [0.4, 0.5) is 0 Å². The molecule has 1 aromatic heterocycles. The van der Waals surface area contributed by atoms with Gasteiger partial charge in [-0.25, -0.2) is 0 Å². The molecule has 6 atom stereocenters. The van der Waals surface area contributed by atoms with Crippen LogP contribution in [0.25, 0.3) is 5.69 Å². The summed E-state index contributed by atoms with van der Waals surface area (Å²) in [5.41, 5.74) is 1.80. The average Bonchev–Trinajstić information content (AvgIpc) is 3.88.